The summed E-state index contributed by atoms with van der Waals surface area (Å²) in [5.41, 5.74) is 1.94. The molecule has 152 valence electrons. The maximum absolute atomic E-state index is 12.6. The number of nitrogens with one attached hydrogen (secondary N) is 1. The third-order valence-corrected chi connectivity index (χ3v) is 5.17. The lowest BCUT2D eigenvalue weighted by atomic mass is 10.1. The van der Waals surface area contributed by atoms with Crippen LogP contribution < -0.4 is 14.9 Å². The summed E-state index contributed by atoms with van der Waals surface area (Å²) in [5, 5.41) is 1.44. The third kappa shape index (κ3) is 4.48. The van der Waals surface area contributed by atoms with Crippen LogP contribution in [0.1, 0.15) is 18.9 Å². The summed E-state index contributed by atoms with van der Waals surface area (Å²) >= 11 is 12.2. The van der Waals surface area contributed by atoms with E-state index < -0.39 is 0 Å². The van der Waals surface area contributed by atoms with Crippen molar-refractivity contribution in [3.05, 3.63) is 86.9 Å². The summed E-state index contributed by atoms with van der Waals surface area (Å²) in [4.78, 5) is 19.9. The van der Waals surface area contributed by atoms with Gasteiger partial charge in [-0.15, -0.1) is 0 Å². The van der Waals surface area contributed by atoms with Crippen LogP contribution >= 0.6 is 23.2 Å². The highest BCUT2D eigenvalue weighted by atomic mass is 35.5. The van der Waals surface area contributed by atoms with Gasteiger partial charge < -0.3 is 9.72 Å². The molecule has 0 radical (unpaired) electrons. The Hall–Kier alpha value is -2.89. The molecule has 2 aromatic heterocycles. The smallest absolute Gasteiger partial charge is 0.259 e. The van der Waals surface area contributed by atoms with Crippen LogP contribution in [0.5, 0.6) is 5.75 Å². The Kier molecular flexibility index (Phi) is 6.02. The summed E-state index contributed by atoms with van der Waals surface area (Å²) in [6, 6.07) is 14.4. The highest BCUT2D eigenvalue weighted by Gasteiger charge is 2.13. The average Bonchev–Trinajstić information content (AvgIpc) is 2.74. The lowest BCUT2D eigenvalue weighted by molar-refractivity contribution is -0.697. The van der Waals surface area contributed by atoms with E-state index in [0.29, 0.717) is 44.7 Å². The standard InChI is InChI=1S/C23H19Cl2N3O2/c1-2-9-28-10-7-15(8-11-28)14-30-21-6-4-17(25)13-19(21)22-26-20-5-3-16(24)12-18(20)23(29)27-22/h3-8,10-13H,2,9,14H2,1H3/p+1. The summed E-state index contributed by atoms with van der Waals surface area (Å²) in [7, 11) is 0. The maximum Gasteiger partial charge on any atom is 0.259 e. The van der Waals surface area contributed by atoms with E-state index in [1.54, 1.807) is 36.4 Å². The molecule has 0 amide bonds. The van der Waals surface area contributed by atoms with E-state index in [2.05, 4.69) is 21.5 Å². The fourth-order valence-corrected chi connectivity index (χ4v) is 3.55. The number of pyridine rings is 1. The van der Waals surface area contributed by atoms with E-state index in [9.17, 15) is 4.79 Å². The van der Waals surface area contributed by atoms with Crippen LogP contribution in [0.15, 0.2) is 65.7 Å². The number of benzene rings is 2. The number of aromatic amines is 1. The van der Waals surface area contributed by atoms with Crippen molar-refractivity contribution in [1.82, 2.24) is 9.97 Å². The van der Waals surface area contributed by atoms with Crippen molar-refractivity contribution < 1.29 is 9.30 Å². The number of hydrogen-bond acceptors (Lipinski definition) is 3. The molecule has 4 rings (SSSR count). The predicted octanol–water partition coefficient (Wildman–Crippen LogP) is 5.17. The van der Waals surface area contributed by atoms with Gasteiger partial charge in [-0.2, -0.15) is 0 Å². The predicted molar refractivity (Wildman–Crippen MR) is 119 cm³/mol. The van der Waals surface area contributed by atoms with E-state index in [-0.39, 0.29) is 5.56 Å². The molecular formula is C23H20Cl2N3O2+. The van der Waals surface area contributed by atoms with Crippen LogP contribution in [0.4, 0.5) is 0 Å². The first-order chi connectivity index (χ1) is 14.5. The monoisotopic (exact) mass is 440 g/mol. The van der Waals surface area contributed by atoms with Gasteiger partial charge in [0.25, 0.3) is 5.56 Å². The highest BCUT2D eigenvalue weighted by molar-refractivity contribution is 6.31. The normalized spacial score (nSPS) is 11.0. The van der Waals surface area contributed by atoms with Gasteiger partial charge in [-0.25, -0.2) is 9.55 Å². The van der Waals surface area contributed by atoms with Crippen LogP contribution in [0.3, 0.4) is 0 Å². The molecule has 2 heterocycles. The molecule has 0 atom stereocenters. The second-order valence-electron chi connectivity index (χ2n) is 6.95. The number of rotatable bonds is 6. The first-order valence-electron chi connectivity index (χ1n) is 9.64. The highest BCUT2D eigenvalue weighted by Crippen LogP contribution is 2.31. The van der Waals surface area contributed by atoms with Gasteiger partial charge in [-0.1, -0.05) is 30.1 Å². The Balaban J connectivity index is 1.66. The molecule has 0 fully saturated rings. The van der Waals surface area contributed by atoms with Crippen molar-refractivity contribution in [2.45, 2.75) is 26.5 Å². The fraction of sp³-hybridized carbons (Fsp3) is 0.174. The Morgan fingerprint density at radius 1 is 1.03 bits per heavy atom. The lowest BCUT2D eigenvalue weighted by Gasteiger charge is -2.12. The third-order valence-electron chi connectivity index (χ3n) is 4.70. The van der Waals surface area contributed by atoms with Gasteiger partial charge in [-0.05, 0) is 36.4 Å². The molecule has 4 aromatic rings. The minimum atomic E-state index is -0.271. The number of halogens is 2. The molecule has 30 heavy (non-hydrogen) atoms. The molecule has 0 aliphatic heterocycles. The molecule has 5 nitrogen and oxygen atoms in total. The molecular weight excluding hydrogens is 421 g/mol. The number of H-pyrrole nitrogens is 1. The second-order valence-corrected chi connectivity index (χ2v) is 7.82. The Bertz CT molecular complexity index is 1250. The number of nitrogens with zero attached hydrogens (tertiary/aromatic N) is 2. The lowest BCUT2D eigenvalue weighted by Crippen LogP contribution is -2.32. The number of ether oxygens (including phenoxy) is 1. The van der Waals surface area contributed by atoms with Gasteiger partial charge in [0, 0.05) is 34.2 Å². The van der Waals surface area contributed by atoms with Crippen molar-refractivity contribution in [3.63, 3.8) is 0 Å². The maximum atomic E-state index is 12.6. The summed E-state index contributed by atoms with van der Waals surface area (Å²) in [6.45, 7) is 3.51. The molecule has 0 unspecified atom stereocenters. The topological polar surface area (TPSA) is 58.9 Å². The van der Waals surface area contributed by atoms with Gasteiger partial charge >= 0.3 is 0 Å². The van der Waals surface area contributed by atoms with Gasteiger partial charge in [0.05, 0.1) is 16.5 Å². The van der Waals surface area contributed by atoms with Crippen molar-refractivity contribution in [2.75, 3.05) is 0 Å². The van der Waals surface area contributed by atoms with Crippen LogP contribution in [0.25, 0.3) is 22.3 Å². The number of aryl methyl sites for hydroxylation is 1. The molecule has 0 saturated heterocycles. The Labute approximate surface area is 183 Å². The molecule has 0 spiro atoms. The molecule has 7 heteroatoms. The van der Waals surface area contributed by atoms with E-state index in [0.717, 1.165) is 18.5 Å². The molecule has 0 aliphatic carbocycles. The van der Waals surface area contributed by atoms with E-state index >= 15 is 0 Å². The minimum absolute atomic E-state index is 0.271. The van der Waals surface area contributed by atoms with Crippen molar-refractivity contribution in [1.29, 1.82) is 0 Å². The zero-order valence-electron chi connectivity index (χ0n) is 16.4. The van der Waals surface area contributed by atoms with Gasteiger partial charge in [-0.3, -0.25) is 4.79 Å². The SMILES string of the molecule is CCC[n+]1ccc(COc2ccc(Cl)cc2-c2nc3ccc(Cl)cc3c(=O)[nH]2)cc1. The quantitative estimate of drug-likeness (QED) is 0.420. The van der Waals surface area contributed by atoms with Crippen molar-refractivity contribution >= 4 is 34.1 Å². The Morgan fingerprint density at radius 3 is 2.53 bits per heavy atom. The van der Waals surface area contributed by atoms with Crippen molar-refractivity contribution in [3.8, 4) is 17.1 Å². The molecule has 0 saturated carbocycles. The second kappa shape index (κ2) is 8.86. The van der Waals surface area contributed by atoms with E-state index in [1.165, 1.54) is 0 Å². The minimum Gasteiger partial charge on any atom is -0.488 e. The van der Waals surface area contributed by atoms with Crippen LogP contribution in [-0.2, 0) is 13.2 Å². The Morgan fingerprint density at radius 2 is 1.77 bits per heavy atom. The van der Waals surface area contributed by atoms with Crippen LogP contribution in [0.2, 0.25) is 10.0 Å². The molecule has 2 aromatic carbocycles. The van der Waals surface area contributed by atoms with Crippen molar-refractivity contribution in [2.24, 2.45) is 0 Å². The average molecular weight is 441 g/mol. The van der Waals surface area contributed by atoms with E-state index in [4.69, 9.17) is 27.9 Å². The van der Waals surface area contributed by atoms with Gasteiger partial charge in [0.1, 0.15) is 24.7 Å². The summed E-state index contributed by atoms with van der Waals surface area (Å²) in [6.07, 6.45) is 5.16. The van der Waals surface area contributed by atoms with Gasteiger partial charge in [0.2, 0.25) is 0 Å². The van der Waals surface area contributed by atoms with E-state index in [1.807, 2.05) is 24.5 Å². The first kappa shape index (κ1) is 20.4. The first-order valence-corrected chi connectivity index (χ1v) is 10.4. The van der Waals surface area contributed by atoms with Gasteiger partial charge in [0.15, 0.2) is 12.4 Å². The number of aromatic nitrogens is 3. The zero-order chi connectivity index (χ0) is 21.1. The summed E-state index contributed by atoms with van der Waals surface area (Å²) < 4.78 is 8.18. The molecule has 1 N–H and O–H groups in total. The number of hydrogen-bond donors (Lipinski definition) is 1. The largest absolute Gasteiger partial charge is 0.488 e. The molecule has 0 bridgehead atoms. The van der Waals surface area contributed by atoms with Crippen LogP contribution in [0, 0.1) is 0 Å². The molecule has 0 aliphatic rings. The zero-order valence-corrected chi connectivity index (χ0v) is 17.9. The summed E-state index contributed by atoms with van der Waals surface area (Å²) in [5.74, 6) is 0.974. The van der Waals surface area contributed by atoms with Crippen LogP contribution in [-0.4, -0.2) is 9.97 Å². The number of fused-ring (bicyclic) bond motifs is 1. The fourth-order valence-electron chi connectivity index (χ4n) is 3.20.